The fourth-order valence-corrected chi connectivity index (χ4v) is 5.49. The van der Waals surface area contributed by atoms with E-state index in [1.165, 1.54) is 37.8 Å². The van der Waals surface area contributed by atoms with Gasteiger partial charge in [-0.1, -0.05) is 37.8 Å². The second-order valence-electron chi connectivity index (χ2n) is 5.84. The molecule has 0 saturated heterocycles. The molecule has 0 aromatic carbocycles. The molecule has 0 unspecified atom stereocenters. The Hall–Kier alpha value is 0.234. The van der Waals surface area contributed by atoms with Crippen molar-refractivity contribution in [3.8, 4) is 0 Å². The first-order chi connectivity index (χ1) is 10.7. The maximum Gasteiger partial charge on any atom is 0.134 e. The summed E-state index contributed by atoms with van der Waals surface area (Å²) in [6.45, 7) is 0. The van der Waals surface area contributed by atoms with Crippen LogP contribution in [0.4, 0.5) is 0 Å². The second-order valence-corrected chi connectivity index (χ2v) is 9.74. The summed E-state index contributed by atoms with van der Waals surface area (Å²) < 4.78 is 20.9. The molecular formula is C15H37NO4Si2. The van der Waals surface area contributed by atoms with E-state index in [9.17, 15) is 0 Å². The number of unbranched alkanes of at least 4 members (excludes halogenated alkanes) is 2. The average molecular weight is 352 g/mol. The van der Waals surface area contributed by atoms with Crippen molar-refractivity contribution >= 4 is 19.0 Å². The van der Waals surface area contributed by atoms with Gasteiger partial charge in [-0.15, -0.1) is 0 Å². The number of methoxy groups -OCH3 is 4. The summed E-state index contributed by atoms with van der Waals surface area (Å²) in [7, 11) is 6.38. The van der Waals surface area contributed by atoms with E-state index in [0.29, 0.717) is 6.04 Å². The molecule has 0 aliphatic heterocycles. The minimum Gasteiger partial charge on any atom is -0.360 e. The van der Waals surface area contributed by atoms with Crippen LogP contribution in [0.5, 0.6) is 0 Å². The highest BCUT2D eigenvalue weighted by Gasteiger charge is 2.07. The number of nitrogens with two attached hydrogens (primary N) is 1. The average Bonchev–Trinajstić information content (AvgIpc) is 2.54. The van der Waals surface area contributed by atoms with Gasteiger partial charge < -0.3 is 24.7 Å². The van der Waals surface area contributed by atoms with Crippen LogP contribution in [0.2, 0.25) is 12.1 Å². The zero-order valence-electron chi connectivity index (χ0n) is 15.0. The number of rotatable bonds is 16. The van der Waals surface area contributed by atoms with Crippen molar-refractivity contribution in [1.82, 2.24) is 0 Å². The molecule has 0 saturated carbocycles. The molecule has 0 spiro atoms. The summed E-state index contributed by atoms with van der Waals surface area (Å²) in [4.78, 5) is 0. The first-order valence-electron chi connectivity index (χ1n) is 8.54. The topological polar surface area (TPSA) is 62.9 Å². The molecule has 0 aliphatic rings. The lowest BCUT2D eigenvalue weighted by Crippen LogP contribution is -2.22. The molecule has 0 bridgehead atoms. The lowest BCUT2D eigenvalue weighted by molar-refractivity contribution is -0.0442. The quantitative estimate of drug-likeness (QED) is 0.255. The lowest BCUT2D eigenvalue weighted by atomic mass is 10.1. The van der Waals surface area contributed by atoms with Gasteiger partial charge in [0.2, 0.25) is 0 Å². The minimum atomic E-state index is -0.259. The smallest absolute Gasteiger partial charge is 0.134 e. The van der Waals surface area contributed by atoms with E-state index in [1.807, 2.05) is 0 Å². The van der Waals surface area contributed by atoms with E-state index in [2.05, 4.69) is 0 Å². The van der Waals surface area contributed by atoms with Crippen molar-refractivity contribution < 1.29 is 18.9 Å². The first kappa shape index (κ1) is 22.2. The van der Waals surface area contributed by atoms with Crippen LogP contribution in [0, 0.1) is 0 Å². The number of hydrogen-bond donors (Lipinski definition) is 1. The fourth-order valence-electron chi connectivity index (χ4n) is 2.60. The zero-order chi connectivity index (χ0) is 16.6. The van der Waals surface area contributed by atoms with Crippen LogP contribution in [-0.4, -0.2) is 65.3 Å². The van der Waals surface area contributed by atoms with E-state index in [1.54, 1.807) is 28.4 Å². The van der Waals surface area contributed by atoms with Gasteiger partial charge in [-0.2, -0.15) is 0 Å². The monoisotopic (exact) mass is 351 g/mol. The molecule has 0 atom stereocenters. The van der Waals surface area contributed by atoms with Gasteiger partial charge >= 0.3 is 0 Å². The lowest BCUT2D eigenvalue weighted by Gasteiger charge is -2.14. The standard InChI is InChI=1S/C15H37NO4Si2/c1-17-14(18-2)21-11-7-5-9-13(16)10-6-8-12-22-15(19-3)20-4/h13-15H,5-12,16,21-22H2,1-4H3. The Morgan fingerprint density at radius 1 is 0.682 bits per heavy atom. The maximum absolute atomic E-state index is 6.19. The summed E-state index contributed by atoms with van der Waals surface area (Å²) >= 11 is 0. The molecule has 5 nitrogen and oxygen atoms in total. The second kappa shape index (κ2) is 16.1. The maximum atomic E-state index is 6.19. The third-order valence-corrected chi connectivity index (χ3v) is 8.17. The molecule has 22 heavy (non-hydrogen) atoms. The summed E-state index contributed by atoms with van der Waals surface area (Å²) in [5.74, 6) is 0.168. The number of ether oxygens (including phenoxy) is 4. The highest BCUT2D eigenvalue weighted by atomic mass is 28.2. The highest BCUT2D eigenvalue weighted by molar-refractivity contribution is 6.36. The summed E-state index contributed by atoms with van der Waals surface area (Å²) in [6, 6.07) is 2.92. The molecule has 0 aromatic heterocycles. The van der Waals surface area contributed by atoms with Crippen molar-refractivity contribution in [1.29, 1.82) is 0 Å². The Morgan fingerprint density at radius 2 is 1.05 bits per heavy atom. The van der Waals surface area contributed by atoms with Gasteiger partial charge in [-0.05, 0) is 12.8 Å². The van der Waals surface area contributed by atoms with Crippen LogP contribution < -0.4 is 5.73 Å². The van der Waals surface area contributed by atoms with Crippen molar-refractivity contribution in [3.63, 3.8) is 0 Å². The Bertz CT molecular complexity index is 208. The van der Waals surface area contributed by atoms with Crippen molar-refractivity contribution in [2.45, 2.75) is 68.5 Å². The fraction of sp³-hybridized carbons (Fsp3) is 1.00. The highest BCUT2D eigenvalue weighted by Crippen LogP contribution is 2.10. The van der Waals surface area contributed by atoms with Gasteiger partial charge in [0.25, 0.3) is 0 Å². The summed E-state index contributed by atoms with van der Waals surface area (Å²) in [5.41, 5.74) is 6.19. The Balaban J connectivity index is 3.37. The first-order valence-corrected chi connectivity index (χ1v) is 12.2. The molecule has 0 heterocycles. The Kier molecular flexibility index (Phi) is 16.3. The van der Waals surface area contributed by atoms with Gasteiger partial charge in [-0.3, -0.25) is 0 Å². The Labute approximate surface area is 141 Å². The van der Waals surface area contributed by atoms with Gasteiger partial charge in [0.05, 0.1) is 19.0 Å². The van der Waals surface area contributed by atoms with Crippen molar-refractivity contribution in [2.24, 2.45) is 5.73 Å². The van der Waals surface area contributed by atoms with Crippen LogP contribution in [0.25, 0.3) is 0 Å². The molecule has 0 amide bonds. The number of hydrogen-bond acceptors (Lipinski definition) is 5. The third kappa shape index (κ3) is 12.7. The minimum absolute atomic E-state index is 0.0841. The Morgan fingerprint density at radius 3 is 1.36 bits per heavy atom. The summed E-state index contributed by atoms with van der Waals surface area (Å²) in [6.07, 6.45) is 7.29. The molecule has 0 aromatic rings. The molecule has 0 aliphatic carbocycles. The van der Waals surface area contributed by atoms with Crippen LogP contribution in [0.15, 0.2) is 0 Å². The van der Waals surface area contributed by atoms with Crippen molar-refractivity contribution in [3.05, 3.63) is 0 Å². The zero-order valence-corrected chi connectivity index (χ0v) is 17.8. The molecule has 0 rings (SSSR count). The third-order valence-electron chi connectivity index (χ3n) is 4.08. The van der Waals surface area contributed by atoms with Gasteiger partial charge in [-0.25, -0.2) is 0 Å². The van der Waals surface area contributed by atoms with Crippen molar-refractivity contribution in [2.75, 3.05) is 28.4 Å². The van der Waals surface area contributed by atoms with Crippen LogP contribution in [0.1, 0.15) is 38.5 Å². The predicted molar refractivity (Wildman–Crippen MR) is 98.0 cm³/mol. The van der Waals surface area contributed by atoms with Crippen LogP contribution >= 0.6 is 0 Å². The van der Waals surface area contributed by atoms with Crippen LogP contribution in [-0.2, 0) is 18.9 Å². The summed E-state index contributed by atoms with van der Waals surface area (Å²) in [5, 5.41) is 0. The molecule has 2 N–H and O–H groups in total. The van der Waals surface area contributed by atoms with E-state index in [-0.39, 0.29) is 30.9 Å². The largest absolute Gasteiger partial charge is 0.360 e. The molecule has 134 valence electrons. The van der Waals surface area contributed by atoms with E-state index < -0.39 is 0 Å². The van der Waals surface area contributed by atoms with Crippen LogP contribution in [0.3, 0.4) is 0 Å². The van der Waals surface area contributed by atoms with E-state index in [0.717, 1.165) is 12.8 Å². The predicted octanol–water partition coefficient (Wildman–Crippen LogP) is 0.981. The molecule has 0 radical (unpaired) electrons. The normalized spacial score (nSPS) is 14.3. The SMILES string of the molecule is COC(OC)[SiH2]CCCCC(N)CCCC[SiH2]C(OC)OC. The molecule has 7 heteroatoms. The van der Waals surface area contributed by atoms with E-state index >= 15 is 0 Å². The van der Waals surface area contributed by atoms with E-state index in [4.69, 9.17) is 24.7 Å². The molecular weight excluding hydrogens is 314 g/mol. The molecule has 0 fully saturated rings. The van der Waals surface area contributed by atoms with Gasteiger partial charge in [0.1, 0.15) is 11.8 Å². The van der Waals surface area contributed by atoms with Gasteiger partial charge in [0, 0.05) is 34.5 Å². The van der Waals surface area contributed by atoms with Gasteiger partial charge in [0.15, 0.2) is 0 Å².